The molecular formula is C14H13N5O2. The summed E-state index contributed by atoms with van der Waals surface area (Å²) in [6.45, 7) is 0. The van der Waals surface area contributed by atoms with E-state index in [4.69, 9.17) is 11.1 Å². The molecule has 0 atom stereocenters. The minimum atomic E-state index is -0.482. The predicted octanol–water partition coefficient (Wildman–Crippen LogP) is 2.52. The Labute approximate surface area is 121 Å². The van der Waals surface area contributed by atoms with E-state index < -0.39 is 4.92 Å². The number of nitro benzene ring substituents is 1. The van der Waals surface area contributed by atoms with Crippen LogP contribution in [0.2, 0.25) is 0 Å². The second-order valence-corrected chi connectivity index (χ2v) is 4.36. The van der Waals surface area contributed by atoms with Gasteiger partial charge in [0.2, 0.25) is 0 Å². The van der Waals surface area contributed by atoms with Crippen molar-refractivity contribution in [1.82, 2.24) is 0 Å². The molecule has 0 radical (unpaired) electrons. The molecule has 0 aromatic heterocycles. The molecule has 0 aliphatic rings. The molecule has 0 spiro atoms. The van der Waals surface area contributed by atoms with Crippen LogP contribution in [0.25, 0.3) is 0 Å². The van der Waals surface area contributed by atoms with Crippen LogP contribution in [0.1, 0.15) is 5.56 Å². The molecule has 106 valence electrons. The average molecular weight is 283 g/mol. The summed E-state index contributed by atoms with van der Waals surface area (Å²) in [5, 5.41) is 19.9. The Morgan fingerprint density at radius 2 is 2.05 bits per heavy atom. The molecule has 0 saturated carbocycles. The van der Waals surface area contributed by atoms with Crippen molar-refractivity contribution in [2.24, 2.45) is 5.84 Å². The zero-order valence-corrected chi connectivity index (χ0v) is 11.3. The van der Waals surface area contributed by atoms with Gasteiger partial charge in [-0.1, -0.05) is 6.07 Å². The van der Waals surface area contributed by atoms with Gasteiger partial charge < -0.3 is 10.3 Å². The molecule has 21 heavy (non-hydrogen) atoms. The molecule has 2 rings (SSSR count). The zero-order chi connectivity index (χ0) is 15.4. The van der Waals surface area contributed by atoms with E-state index in [2.05, 4.69) is 11.5 Å². The highest BCUT2D eigenvalue weighted by molar-refractivity contribution is 5.70. The molecule has 0 unspecified atom stereocenters. The van der Waals surface area contributed by atoms with Gasteiger partial charge in [0.1, 0.15) is 0 Å². The fraction of sp³-hybridized carbons (Fsp3) is 0.0714. The maximum absolute atomic E-state index is 11.0. The smallest absolute Gasteiger partial charge is 0.273 e. The van der Waals surface area contributed by atoms with Crippen molar-refractivity contribution in [3.05, 3.63) is 58.1 Å². The number of nitrogens with two attached hydrogens (primary N) is 1. The van der Waals surface area contributed by atoms with E-state index in [0.717, 1.165) is 5.69 Å². The number of hydrazine groups is 1. The van der Waals surface area contributed by atoms with Gasteiger partial charge in [0.05, 0.1) is 22.2 Å². The SMILES string of the molecule is CN(c1cccc(C#N)c1)c1cc(NN)cc([N+](=O)[O-])c1. The van der Waals surface area contributed by atoms with Crippen LogP contribution < -0.4 is 16.2 Å². The molecule has 0 fully saturated rings. The number of non-ortho nitro benzene ring substituents is 1. The molecular weight excluding hydrogens is 270 g/mol. The number of rotatable bonds is 4. The summed E-state index contributed by atoms with van der Waals surface area (Å²) in [6.07, 6.45) is 0. The van der Waals surface area contributed by atoms with E-state index >= 15 is 0 Å². The molecule has 0 bridgehead atoms. The highest BCUT2D eigenvalue weighted by Gasteiger charge is 2.13. The van der Waals surface area contributed by atoms with Gasteiger partial charge in [-0.05, 0) is 24.3 Å². The first-order chi connectivity index (χ1) is 10.0. The summed E-state index contributed by atoms with van der Waals surface area (Å²) in [5.41, 5.74) is 4.63. The maximum atomic E-state index is 11.0. The highest BCUT2D eigenvalue weighted by atomic mass is 16.6. The molecule has 0 heterocycles. The van der Waals surface area contributed by atoms with Gasteiger partial charge in [-0.2, -0.15) is 5.26 Å². The molecule has 2 aromatic rings. The molecule has 0 amide bonds. The Morgan fingerprint density at radius 1 is 1.29 bits per heavy atom. The highest BCUT2D eigenvalue weighted by Crippen LogP contribution is 2.30. The van der Waals surface area contributed by atoms with Crippen LogP contribution >= 0.6 is 0 Å². The topological polar surface area (TPSA) is 108 Å². The van der Waals surface area contributed by atoms with Crippen LogP contribution in [-0.2, 0) is 0 Å². The van der Waals surface area contributed by atoms with Crippen molar-refractivity contribution in [1.29, 1.82) is 5.26 Å². The number of nitro groups is 1. The van der Waals surface area contributed by atoms with E-state index in [1.165, 1.54) is 12.1 Å². The lowest BCUT2D eigenvalue weighted by Crippen LogP contribution is -2.12. The first-order valence-electron chi connectivity index (χ1n) is 6.05. The van der Waals surface area contributed by atoms with E-state index in [1.54, 1.807) is 36.2 Å². The molecule has 7 nitrogen and oxygen atoms in total. The fourth-order valence-electron chi connectivity index (χ4n) is 1.91. The second kappa shape index (κ2) is 5.90. The van der Waals surface area contributed by atoms with Crippen molar-refractivity contribution in [3.8, 4) is 6.07 Å². The molecule has 7 heteroatoms. The Morgan fingerprint density at radius 3 is 2.67 bits per heavy atom. The third-order valence-corrected chi connectivity index (χ3v) is 3.03. The number of nitrogens with one attached hydrogen (secondary N) is 1. The normalized spacial score (nSPS) is 9.76. The number of benzene rings is 2. The van der Waals surface area contributed by atoms with Crippen molar-refractivity contribution in [2.45, 2.75) is 0 Å². The van der Waals surface area contributed by atoms with Crippen molar-refractivity contribution >= 4 is 22.7 Å². The number of nitrogens with zero attached hydrogens (tertiary/aromatic N) is 3. The van der Waals surface area contributed by atoms with Crippen molar-refractivity contribution < 1.29 is 4.92 Å². The minimum Gasteiger partial charge on any atom is -0.344 e. The first kappa shape index (κ1) is 14.3. The van der Waals surface area contributed by atoms with Gasteiger partial charge >= 0.3 is 0 Å². The second-order valence-electron chi connectivity index (χ2n) is 4.36. The number of nitriles is 1. The minimum absolute atomic E-state index is 0.0660. The van der Waals surface area contributed by atoms with E-state index in [9.17, 15) is 10.1 Å². The molecule has 2 aromatic carbocycles. The molecule has 3 N–H and O–H groups in total. The molecule has 0 aliphatic carbocycles. The Balaban J connectivity index is 2.47. The molecule has 0 aliphatic heterocycles. The van der Waals surface area contributed by atoms with E-state index in [0.29, 0.717) is 16.9 Å². The third-order valence-electron chi connectivity index (χ3n) is 3.03. The van der Waals surface area contributed by atoms with Gasteiger partial charge in [0.15, 0.2) is 0 Å². The van der Waals surface area contributed by atoms with Gasteiger partial charge in [-0.15, -0.1) is 0 Å². The van der Waals surface area contributed by atoms with Gasteiger partial charge in [0.25, 0.3) is 5.69 Å². The lowest BCUT2D eigenvalue weighted by atomic mass is 10.2. The summed E-state index contributed by atoms with van der Waals surface area (Å²) in [6, 6.07) is 13.5. The summed E-state index contributed by atoms with van der Waals surface area (Å²) in [7, 11) is 1.76. The van der Waals surface area contributed by atoms with Crippen LogP contribution in [0.4, 0.5) is 22.7 Å². The Hall–Kier alpha value is -3.11. The third kappa shape index (κ3) is 3.08. The van der Waals surface area contributed by atoms with E-state index in [1.807, 2.05) is 6.07 Å². The Kier molecular flexibility index (Phi) is 4.02. The molecule has 0 saturated heterocycles. The van der Waals surface area contributed by atoms with Crippen molar-refractivity contribution in [3.63, 3.8) is 0 Å². The van der Waals surface area contributed by atoms with Gasteiger partial charge in [-0.3, -0.25) is 16.0 Å². The van der Waals surface area contributed by atoms with Gasteiger partial charge in [0, 0.05) is 30.6 Å². The largest absolute Gasteiger partial charge is 0.344 e. The number of anilines is 3. The number of hydrogen-bond donors (Lipinski definition) is 2. The van der Waals surface area contributed by atoms with Crippen LogP contribution in [0, 0.1) is 21.4 Å². The number of nitrogen functional groups attached to an aromatic ring is 1. The van der Waals surface area contributed by atoms with Crippen LogP contribution in [-0.4, -0.2) is 12.0 Å². The average Bonchev–Trinajstić information content (AvgIpc) is 2.53. The first-order valence-corrected chi connectivity index (χ1v) is 6.05. The summed E-state index contributed by atoms with van der Waals surface area (Å²) in [4.78, 5) is 12.2. The van der Waals surface area contributed by atoms with Gasteiger partial charge in [-0.25, -0.2) is 0 Å². The van der Waals surface area contributed by atoms with Crippen LogP contribution in [0.15, 0.2) is 42.5 Å². The Bertz CT molecular complexity index is 724. The standard InChI is InChI=1S/C14H13N5O2/c1-18(12-4-2-3-10(5-12)9-15)13-6-11(17-16)7-14(8-13)19(20)21/h2-8,17H,16H2,1H3. The monoisotopic (exact) mass is 283 g/mol. The fourth-order valence-corrected chi connectivity index (χ4v) is 1.91. The summed E-state index contributed by atoms with van der Waals surface area (Å²) in [5.74, 6) is 5.34. The number of hydrogen-bond acceptors (Lipinski definition) is 6. The van der Waals surface area contributed by atoms with E-state index in [-0.39, 0.29) is 5.69 Å². The predicted molar refractivity (Wildman–Crippen MR) is 80.1 cm³/mol. The van der Waals surface area contributed by atoms with Crippen LogP contribution in [0.5, 0.6) is 0 Å². The zero-order valence-electron chi connectivity index (χ0n) is 11.3. The lowest BCUT2D eigenvalue weighted by molar-refractivity contribution is -0.384. The van der Waals surface area contributed by atoms with Crippen LogP contribution in [0.3, 0.4) is 0 Å². The van der Waals surface area contributed by atoms with Crippen molar-refractivity contribution in [2.75, 3.05) is 17.4 Å². The lowest BCUT2D eigenvalue weighted by Gasteiger charge is -2.20. The summed E-state index contributed by atoms with van der Waals surface area (Å²) < 4.78 is 0. The summed E-state index contributed by atoms with van der Waals surface area (Å²) >= 11 is 0. The quantitative estimate of drug-likeness (QED) is 0.507. The maximum Gasteiger partial charge on any atom is 0.273 e.